The highest BCUT2D eigenvalue weighted by molar-refractivity contribution is 7.89. The number of fused-ring (bicyclic) bond motifs is 1. The number of benzene rings is 1. The molecule has 2 aliphatic rings. The highest BCUT2D eigenvalue weighted by Crippen LogP contribution is 2.36. The zero-order valence-corrected chi connectivity index (χ0v) is 14.6. The van der Waals surface area contributed by atoms with E-state index in [9.17, 15) is 8.42 Å². The Morgan fingerprint density at radius 2 is 1.96 bits per heavy atom. The molecule has 0 atom stereocenters. The number of piperidine rings is 1. The maximum atomic E-state index is 12.6. The second-order valence-corrected chi connectivity index (χ2v) is 8.00. The van der Waals surface area contributed by atoms with Crippen molar-refractivity contribution < 1.29 is 22.6 Å². The van der Waals surface area contributed by atoms with Gasteiger partial charge in [0, 0.05) is 32.4 Å². The molecule has 2 aromatic rings. The number of nitrogens with zero attached hydrogens (tertiary/aromatic N) is 3. The minimum Gasteiger partial charge on any atom is -0.490 e. The van der Waals surface area contributed by atoms with E-state index in [1.165, 1.54) is 16.8 Å². The third-order valence-electron chi connectivity index (χ3n) is 4.33. The second kappa shape index (κ2) is 6.23. The topological polar surface area (TPSA) is 82.9 Å². The van der Waals surface area contributed by atoms with Crippen molar-refractivity contribution in [3.8, 4) is 17.2 Å². The number of imidazole rings is 1. The van der Waals surface area contributed by atoms with Gasteiger partial charge in [0.1, 0.15) is 11.9 Å². The number of hydrogen-bond acceptors (Lipinski definition) is 6. The number of aromatic nitrogens is 2. The van der Waals surface area contributed by atoms with Gasteiger partial charge < -0.3 is 18.8 Å². The molecule has 0 unspecified atom stereocenters. The molecule has 3 heterocycles. The SMILES string of the molecule is Cn1cnc(S(=O)(=O)N2CCC(Oc3ccc4c(c3)OCO4)CC2)c1. The maximum absolute atomic E-state index is 12.6. The molecule has 0 aliphatic carbocycles. The Morgan fingerprint density at radius 3 is 2.68 bits per heavy atom. The first-order chi connectivity index (χ1) is 12.0. The van der Waals surface area contributed by atoms with Crippen LogP contribution in [-0.2, 0) is 17.1 Å². The highest BCUT2D eigenvalue weighted by Gasteiger charge is 2.31. The summed E-state index contributed by atoms with van der Waals surface area (Å²) in [5.41, 5.74) is 0. The lowest BCUT2D eigenvalue weighted by Gasteiger charge is -2.30. The number of rotatable bonds is 4. The van der Waals surface area contributed by atoms with Gasteiger partial charge in [0.15, 0.2) is 16.5 Å². The predicted octanol–water partition coefficient (Wildman–Crippen LogP) is 1.38. The van der Waals surface area contributed by atoms with Gasteiger partial charge in [-0.05, 0) is 25.0 Å². The molecular formula is C16H19N3O5S. The summed E-state index contributed by atoms with van der Waals surface area (Å²) in [4.78, 5) is 3.96. The van der Waals surface area contributed by atoms with Crippen LogP contribution in [0.1, 0.15) is 12.8 Å². The molecule has 8 nitrogen and oxygen atoms in total. The average Bonchev–Trinajstić information content (AvgIpc) is 3.24. The van der Waals surface area contributed by atoms with Gasteiger partial charge in [-0.2, -0.15) is 4.31 Å². The number of sulfonamides is 1. The van der Waals surface area contributed by atoms with Crippen molar-refractivity contribution in [1.29, 1.82) is 0 Å². The zero-order chi connectivity index (χ0) is 17.4. The van der Waals surface area contributed by atoms with E-state index >= 15 is 0 Å². The van der Waals surface area contributed by atoms with Crippen LogP contribution in [0.4, 0.5) is 0 Å². The van der Waals surface area contributed by atoms with Crippen LogP contribution in [0.15, 0.2) is 35.7 Å². The summed E-state index contributed by atoms with van der Waals surface area (Å²) >= 11 is 0. The van der Waals surface area contributed by atoms with Crippen LogP contribution >= 0.6 is 0 Å². The van der Waals surface area contributed by atoms with E-state index in [2.05, 4.69) is 4.98 Å². The fraction of sp³-hybridized carbons (Fsp3) is 0.438. The van der Waals surface area contributed by atoms with Crippen LogP contribution in [0, 0.1) is 0 Å². The van der Waals surface area contributed by atoms with Crippen molar-refractivity contribution in [2.75, 3.05) is 19.9 Å². The van der Waals surface area contributed by atoms with E-state index in [0.717, 1.165) is 0 Å². The van der Waals surface area contributed by atoms with Crippen LogP contribution in [0.3, 0.4) is 0 Å². The van der Waals surface area contributed by atoms with Gasteiger partial charge in [0.25, 0.3) is 10.0 Å². The summed E-state index contributed by atoms with van der Waals surface area (Å²) in [7, 11) is -1.79. The zero-order valence-electron chi connectivity index (χ0n) is 13.8. The Balaban J connectivity index is 1.38. The average molecular weight is 365 g/mol. The largest absolute Gasteiger partial charge is 0.490 e. The summed E-state index contributed by atoms with van der Waals surface area (Å²) < 4.78 is 44.8. The molecule has 0 spiro atoms. The molecule has 1 aromatic heterocycles. The van der Waals surface area contributed by atoms with Crippen LogP contribution in [0.25, 0.3) is 0 Å². The van der Waals surface area contributed by atoms with Crippen molar-refractivity contribution in [3.05, 3.63) is 30.7 Å². The van der Waals surface area contributed by atoms with E-state index in [4.69, 9.17) is 14.2 Å². The number of aryl methyl sites for hydroxylation is 1. The van der Waals surface area contributed by atoms with Crippen LogP contribution < -0.4 is 14.2 Å². The van der Waals surface area contributed by atoms with Gasteiger partial charge in [0.2, 0.25) is 6.79 Å². The third-order valence-corrected chi connectivity index (χ3v) is 6.12. The normalized spacial score (nSPS) is 18.4. The fourth-order valence-electron chi connectivity index (χ4n) is 2.99. The van der Waals surface area contributed by atoms with Crippen LogP contribution in [0.2, 0.25) is 0 Å². The van der Waals surface area contributed by atoms with E-state index in [0.29, 0.717) is 43.2 Å². The van der Waals surface area contributed by atoms with Crippen LogP contribution in [0.5, 0.6) is 17.2 Å². The Labute approximate surface area is 146 Å². The van der Waals surface area contributed by atoms with Gasteiger partial charge in [-0.25, -0.2) is 13.4 Å². The molecule has 0 saturated carbocycles. The Hall–Kier alpha value is -2.26. The minimum absolute atomic E-state index is 0.0319. The lowest BCUT2D eigenvalue weighted by Crippen LogP contribution is -2.41. The van der Waals surface area contributed by atoms with Gasteiger partial charge in [0.05, 0.1) is 6.33 Å². The van der Waals surface area contributed by atoms with E-state index in [-0.39, 0.29) is 17.9 Å². The molecule has 1 saturated heterocycles. The van der Waals surface area contributed by atoms with Gasteiger partial charge in [-0.1, -0.05) is 0 Å². The highest BCUT2D eigenvalue weighted by atomic mass is 32.2. The molecule has 25 heavy (non-hydrogen) atoms. The lowest BCUT2D eigenvalue weighted by atomic mass is 10.1. The quantitative estimate of drug-likeness (QED) is 0.814. The Bertz CT molecular complexity index is 872. The smallest absolute Gasteiger partial charge is 0.262 e. The molecule has 0 bridgehead atoms. The lowest BCUT2D eigenvalue weighted by molar-refractivity contribution is 0.134. The van der Waals surface area contributed by atoms with Crippen molar-refractivity contribution in [3.63, 3.8) is 0 Å². The van der Waals surface area contributed by atoms with Gasteiger partial charge in [-0.3, -0.25) is 0 Å². The first-order valence-corrected chi connectivity index (χ1v) is 9.51. The first kappa shape index (κ1) is 16.2. The van der Waals surface area contributed by atoms with E-state index in [1.54, 1.807) is 17.7 Å². The monoisotopic (exact) mass is 365 g/mol. The summed E-state index contributed by atoms with van der Waals surface area (Å²) in [6.45, 7) is 1.05. The summed E-state index contributed by atoms with van der Waals surface area (Å²) in [5.74, 6) is 2.09. The van der Waals surface area contributed by atoms with Crippen molar-refractivity contribution in [1.82, 2.24) is 13.9 Å². The second-order valence-electron chi connectivity index (χ2n) is 6.11. The minimum atomic E-state index is -3.54. The molecule has 1 aromatic carbocycles. The summed E-state index contributed by atoms with van der Waals surface area (Å²) in [6.07, 6.45) is 4.23. The summed E-state index contributed by atoms with van der Waals surface area (Å²) in [6, 6.07) is 5.46. The van der Waals surface area contributed by atoms with Gasteiger partial charge >= 0.3 is 0 Å². The predicted molar refractivity (Wildman–Crippen MR) is 88.2 cm³/mol. The molecular weight excluding hydrogens is 346 g/mol. The molecule has 9 heteroatoms. The molecule has 0 N–H and O–H groups in total. The van der Waals surface area contributed by atoms with Gasteiger partial charge in [-0.15, -0.1) is 0 Å². The first-order valence-electron chi connectivity index (χ1n) is 8.07. The molecule has 2 aliphatic heterocycles. The molecule has 0 radical (unpaired) electrons. The summed E-state index contributed by atoms with van der Waals surface area (Å²) in [5, 5.41) is 0.0881. The standard InChI is InChI=1S/C16H19N3O5S/c1-18-9-16(17-10-18)25(20,21)19-6-4-12(5-7-19)24-13-2-3-14-15(8-13)23-11-22-14/h2-3,8-10,12H,4-7,11H2,1H3. The fourth-order valence-corrected chi connectivity index (χ4v) is 4.42. The molecule has 0 amide bonds. The van der Waals surface area contributed by atoms with Crippen molar-refractivity contribution in [2.24, 2.45) is 7.05 Å². The Kier molecular flexibility index (Phi) is 4.04. The molecule has 134 valence electrons. The van der Waals surface area contributed by atoms with E-state index < -0.39 is 10.0 Å². The number of ether oxygens (including phenoxy) is 3. The molecule has 1 fully saturated rings. The number of hydrogen-bond donors (Lipinski definition) is 0. The molecule has 4 rings (SSSR count). The van der Waals surface area contributed by atoms with Crippen molar-refractivity contribution in [2.45, 2.75) is 24.0 Å². The third kappa shape index (κ3) is 3.16. The van der Waals surface area contributed by atoms with Crippen molar-refractivity contribution >= 4 is 10.0 Å². The maximum Gasteiger partial charge on any atom is 0.262 e. The van der Waals surface area contributed by atoms with Crippen LogP contribution in [-0.4, -0.2) is 48.3 Å². The Morgan fingerprint density at radius 1 is 1.20 bits per heavy atom. The van der Waals surface area contributed by atoms with E-state index in [1.807, 2.05) is 12.1 Å².